The first-order valence-corrected chi connectivity index (χ1v) is 7.48. The molecule has 0 aliphatic carbocycles. The Balaban J connectivity index is 3.16. The summed E-state index contributed by atoms with van der Waals surface area (Å²) in [5, 5.41) is 0. The molecule has 4 heteroatoms. The van der Waals surface area contributed by atoms with Gasteiger partial charge in [-0.1, -0.05) is 15.9 Å². The largest absolute Gasteiger partial charge is 0.496 e. The molecule has 0 aromatic heterocycles. The molecule has 1 aromatic rings. The Bertz CT molecular complexity index is 435. The first kappa shape index (κ1) is 15.9. The second-order valence-electron chi connectivity index (χ2n) is 4.67. The van der Waals surface area contributed by atoms with Crippen molar-refractivity contribution in [3.8, 4) is 5.75 Å². The maximum Gasteiger partial charge on any atom is 0.125 e. The Morgan fingerprint density at radius 1 is 1.17 bits per heavy atom. The normalized spacial score (nSPS) is 11.1. The molecule has 0 atom stereocenters. The van der Waals surface area contributed by atoms with Gasteiger partial charge < -0.3 is 4.74 Å². The second-order valence-corrected chi connectivity index (χ2v) is 5.75. The molecule has 0 heterocycles. The molecule has 0 unspecified atom stereocenters. The number of halogens is 1. The van der Waals surface area contributed by atoms with Crippen LogP contribution in [0, 0.1) is 20.8 Å². The number of hydrogen-bond donors (Lipinski definition) is 1. The van der Waals surface area contributed by atoms with Crippen LogP contribution in [0.5, 0.6) is 5.75 Å². The maximum absolute atomic E-state index is 5.60. The molecular weight excluding hydrogens is 310 g/mol. The number of methoxy groups -OCH3 is 1. The molecule has 0 saturated carbocycles. The van der Waals surface area contributed by atoms with Crippen LogP contribution in [0.15, 0.2) is 4.47 Å². The summed E-state index contributed by atoms with van der Waals surface area (Å²) in [6.45, 7) is 7.37. The standard InChI is InChI=1S/C14H22BrNOS/c1-9-10(2)14(17-5)12(11(3)13(9)15)6-7-16(4)8-18/h18H,6-8H2,1-5H3. The minimum absolute atomic E-state index is 0.771. The van der Waals surface area contributed by atoms with Crippen molar-refractivity contribution < 1.29 is 4.74 Å². The summed E-state index contributed by atoms with van der Waals surface area (Å²) in [5.41, 5.74) is 5.05. The number of likely N-dealkylation sites (N-methyl/N-ethyl adjacent to an activating group) is 1. The molecule has 1 rings (SSSR count). The minimum Gasteiger partial charge on any atom is -0.496 e. The average Bonchev–Trinajstić information content (AvgIpc) is 2.38. The van der Waals surface area contributed by atoms with Gasteiger partial charge in [0.2, 0.25) is 0 Å². The van der Waals surface area contributed by atoms with Crippen LogP contribution >= 0.6 is 28.6 Å². The van der Waals surface area contributed by atoms with Crippen LogP contribution in [0.4, 0.5) is 0 Å². The molecule has 0 bridgehead atoms. The molecule has 102 valence electrons. The second kappa shape index (κ2) is 6.83. The van der Waals surface area contributed by atoms with Gasteiger partial charge in [0.1, 0.15) is 5.75 Å². The van der Waals surface area contributed by atoms with Crippen molar-refractivity contribution in [2.45, 2.75) is 27.2 Å². The molecular formula is C14H22BrNOS. The third-order valence-corrected chi connectivity index (χ3v) is 5.15. The van der Waals surface area contributed by atoms with Gasteiger partial charge in [0, 0.05) is 16.9 Å². The van der Waals surface area contributed by atoms with E-state index in [1.807, 2.05) is 0 Å². The van der Waals surface area contributed by atoms with E-state index in [1.54, 1.807) is 7.11 Å². The fourth-order valence-corrected chi connectivity index (χ4v) is 2.77. The Labute approximate surface area is 124 Å². The van der Waals surface area contributed by atoms with Crippen molar-refractivity contribution in [1.29, 1.82) is 0 Å². The van der Waals surface area contributed by atoms with Gasteiger partial charge in [-0.05, 0) is 56.5 Å². The monoisotopic (exact) mass is 331 g/mol. The highest BCUT2D eigenvalue weighted by molar-refractivity contribution is 9.10. The highest BCUT2D eigenvalue weighted by atomic mass is 79.9. The van der Waals surface area contributed by atoms with E-state index >= 15 is 0 Å². The number of rotatable bonds is 5. The predicted molar refractivity (Wildman–Crippen MR) is 85.1 cm³/mol. The first-order valence-electron chi connectivity index (χ1n) is 6.05. The molecule has 1 aromatic carbocycles. The zero-order valence-corrected chi connectivity index (χ0v) is 14.3. The van der Waals surface area contributed by atoms with Crippen molar-refractivity contribution in [2.24, 2.45) is 0 Å². The van der Waals surface area contributed by atoms with Crippen molar-refractivity contribution in [2.75, 3.05) is 26.6 Å². The summed E-state index contributed by atoms with van der Waals surface area (Å²) >= 11 is 7.96. The van der Waals surface area contributed by atoms with E-state index in [-0.39, 0.29) is 0 Å². The van der Waals surface area contributed by atoms with Gasteiger partial charge in [-0.2, -0.15) is 12.6 Å². The third kappa shape index (κ3) is 3.22. The molecule has 0 amide bonds. The van der Waals surface area contributed by atoms with E-state index in [2.05, 4.69) is 61.3 Å². The summed E-state index contributed by atoms with van der Waals surface area (Å²) in [6.07, 6.45) is 0.978. The van der Waals surface area contributed by atoms with E-state index in [4.69, 9.17) is 4.74 Å². The maximum atomic E-state index is 5.60. The number of benzene rings is 1. The Morgan fingerprint density at radius 2 is 1.78 bits per heavy atom. The summed E-state index contributed by atoms with van der Waals surface area (Å²) in [6, 6.07) is 0. The Morgan fingerprint density at radius 3 is 2.28 bits per heavy atom. The smallest absolute Gasteiger partial charge is 0.125 e. The van der Waals surface area contributed by atoms with Crippen molar-refractivity contribution in [1.82, 2.24) is 4.90 Å². The topological polar surface area (TPSA) is 12.5 Å². The van der Waals surface area contributed by atoms with Crippen LogP contribution in [0.25, 0.3) is 0 Å². The molecule has 0 aliphatic heterocycles. The molecule has 18 heavy (non-hydrogen) atoms. The van der Waals surface area contributed by atoms with E-state index in [1.165, 1.54) is 26.7 Å². The number of hydrogen-bond acceptors (Lipinski definition) is 3. The van der Waals surface area contributed by atoms with Gasteiger partial charge >= 0.3 is 0 Å². The van der Waals surface area contributed by atoms with Crippen LogP contribution in [0.2, 0.25) is 0 Å². The Hall–Kier alpha value is -0.190. The lowest BCUT2D eigenvalue weighted by atomic mass is 9.97. The minimum atomic E-state index is 0.771. The quantitative estimate of drug-likeness (QED) is 0.651. The molecule has 0 aliphatic rings. The number of thiol groups is 1. The SMILES string of the molecule is COc1c(C)c(C)c(Br)c(C)c1CCN(C)CS. The first-order chi connectivity index (χ1) is 8.43. The third-order valence-electron chi connectivity index (χ3n) is 3.48. The zero-order valence-electron chi connectivity index (χ0n) is 11.8. The van der Waals surface area contributed by atoms with Crippen molar-refractivity contribution >= 4 is 28.6 Å². The molecule has 0 fully saturated rings. The van der Waals surface area contributed by atoms with E-state index < -0.39 is 0 Å². The van der Waals surface area contributed by atoms with E-state index in [9.17, 15) is 0 Å². The van der Waals surface area contributed by atoms with Crippen LogP contribution in [-0.4, -0.2) is 31.5 Å². The van der Waals surface area contributed by atoms with Gasteiger partial charge in [0.25, 0.3) is 0 Å². The Kier molecular flexibility index (Phi) is 6.02. The summed E-state index contributed by atoms with van der Waals surface area (Å²) in [5.74, 6) is 1.80. The average molecular weight is 332 g/mol. The van der Waals surface area contributed by atoms with Crippen LogP contribution in [-0.2, 0) is 6.42 Å². The van der Waals surface area contributed by atoms with Gasteiger partial charge in [0.05, 0.1) is 7.11 Å². The van der Waals surface area contributed by atoms with E-state index in [0.717, 1.165) is 24.6 Å². The predicted octanol–water partition coefficient (Wildman–Crippen LogP) is 3.74. The fourth-order valence-electron chi connectivity index (χ4n) is 2.10. The highest BCUT2D eigenvalue weighted by Gasteiger charge is 2.16. The number of ether oxygens (including phenoxy) is 1. The fraction of sp³-hybridized carbons (Fsp3) is 0.571. The lowest BCUT2D eigenvalue weighted by molar-refractivity contribution is 0.382. The lowest BCUT2D eigenvalue weighted by Gasteiger charge is -2.20. The van der Waals surface area contributed by atoms with Crippen LogP contribution < -0.4 is 4.74 Å². The molecule has 0 saturated heterocycles. The summed E-state index contributed by atoms with van der Waals surface area (Å²) in [4.78, 5) is 2.19. The van der Waals surface area contributed by atoms with Gasteiger partial charge in [-0.25, -0.2) is 0 Å². The molecule has 0 N–H and O–H groups in total. The highest BCUT2D eigenvalue weighted by Crippen LogP contribution is 2.36. The van der Waals surface area contributed by atoms with E-state index in [0.29, 0.717) is 0 Å². The van der Waals surface area contributed by atoms with Crippen LogP contribution in [0.3, 0.4) is 0 Å². The molecule has 0 radical (unpaired) electrons. The summed E-state index contributed by atoms with van der Waals surface area (Å²) in [7, 11) is 3.83. The van der Waals surface area contributed by atoms with Crippen molar-refractivity contribution in [3.05, 3.63) is 26.7 Å². The van der Waals surface area contributed by atoms with Gasteiger partial charge in [-0.3, -0.25) is 4.90 Å². The van der Waals surface area contributed by atoms with Gasteiger partial charge in [-0.15, -0.1) is 0 Å². The summed E-state index contributed by atoms with van der Waals surface area (Å²) < 4.78 is 6.80. The number of nitrogens with zero attached hydrogens (tertiary/aromatic N) is 1. The van der Waals surface area contributed by atoms with Crippen molar-refractivity contribution in [3.63, 3.8) is 0 Å². The lowest BCUT2D eigenvalue weighted by Crippen LogP contribution is -2.20. The molecule has 0 spiro atoms. The van der Waals surface area contributed by atoms with Gasteiger partial charge in [0.15, 0.2) is 0 Å². The molecule has 2 nitrogen and oxygen atoms in total. The zero-order chi connectivity index (χ0) is 13.9. The van der Waals surface area contributed by atoms with Crippen LogP contribution in [0.1, 0.15) is 22.3 Å².